The van der Waals surface area contributed by atoms with Crippen molar-refractivity contribution in [3.8, 4) is 0 Å². The molecule has 15 heavy (non-hydrogen) atoms. The highest BCUT2D eigenvalue weighted by Crippen LogP contribution is 2.25. The monoisotopic (exact) mass is 213 g/mol. The van der Waals surface area contributed by atoms with Crippen molar-refractivity contribution in [1.29, 1.82) is 0 Å². The molecule has 0 aliphatic heterocycles. The summed E-state index contributed by atoms with van der Waals surface area (Å²) in [5.41, 5.74) is 0. The molecular formula is C12H23NO2. The number of esters is 1. The Morgan fingerprint density at radius 2 is 2.20 bits per heavy atom. The Morgan fingerprint density at radius 1 is 1.47 bits per heavy atom. The average molecular weight is 213 g/mol. The number of carbonyl (C=O) groups is 1. The van der Waals surface area contributed by atoms with E-state index in [9.17, 15) is 4.79 Å². The summed E-state index contributed by atoms with van der Waals surface area (Å²) in [6.07, 6.45) is 4.47. The number of nitrogens with one attached hydrogen (secondary N) is 1. The lowest BCUT2D eigenvalue weighted by Crippen LogP contribution is -2.42. The van der Waals surface area contributed by atoms with Gasteiger partial charge in [-0.2, -0.15) is 0 Å². The Morgan fingerprint density at radius 3 is 2.67 bits per heavy atom. The van der Waals surface area contributed by atoms with Crippen LogP contribution in [-0.4, -0.2) is 24.7 Å². The maximum Gasteiger partial charge on any atom is 0.323 e. The summed E-state index contributed by atoms with van der Waals surface area (Å²) >= 11 is 0. The highest BCUT2D eigenvalue weighted by atomic mass is 16.5. The Kier molecular flexibility index (Phi) is 5.09. The van der Waals surface area contributed by atoms with Crippen LogP contribution >= 0.6 is 0 Å². The van der Waals surface area contributed by atoms with E-state index in [0.717, 1.165) is 12.3 Å². The van der Waals surface area contributed by atoms with E-state index in [-0.39, 0.29) is 12.0 Å². The predicted molar refractivity (Wildman–Crippen MR) is 60.7 cm³/mol. The van der Waals surface area contributed by atoms with Crippen molar-refractivity contribution in [3.63, 3.8) is 0 Å². The molecule has 88 valence electrons. The summed E-state index contributed by atoms with van der Waals surface area (Å²) in [6.45, 7) is 6.61. The molecule has 3 atom stereocenters. The van der Waals surface area contributed by atoms with E-state index in [2.05, 4.69) is 12.2 Å². The molecule has 1 N–H and O–H groups in total. The maximum atomic E-state index is 11.6. The maximum absolute atomic E-state index is 11.6. The molecule has 3 nitrogen and oxygen atoms in total. The highest BCUT2D eigenvalue weighted by Gasteiger charge is 2.26. The second-order valence-electron chi connectivity index (χ2n) is 4.49. The molecule has 1 aliphatic rings. The fraction of sp³-hybridized carbons (Fsp3) is 0.917. The standard InChI is InChI=1S/C12H23NO2/c1-4-11(12(14)15-5-2)13-10-7-6-9(3)8-10/h9-11,13H,4-8H2,1-3H3. The summed E-state index contributed by atoms with van der Waals surface area (Å²) in [4.78, 5) is 11.6. The summed E-state index contributed by atoms with van der Waals surface area (Å²) in [7, 11) is 0. The fourth-order valence-corrected chi connectivity index (χ4v) is 2.24. The quantitative estimate of drug-likeness (QED) is 0.711. The molecule has 0 bridgehead atoms. The fourth-order valence-electron chi connectivity index (χ4n) is 2.24. The highest BCUT2D eigenvalue weighted by molar-refractivity contribution is 5.75. The average Bonchev–Trinajstić information content (AvgIpc) is 2.61. The minimum Gasteiger partial charge on any atom is -0.465 e. The molecule has 1 rings (SSSR count). The number of ether oxygens (including phenoxy) is 1. The molecule has 0 heterocycles. The van der Waals surface area contributed by atoms with Gasteiger partial charge in [0.2, 0.25) is 0 Å². The topological polar surface area (TPSA) is 38.3 Å². The molecule has 3 unspecified atom stereocenters. The van der Waals surface area contributed by atoms with Crippen LogP contribution in [0.25, 0.3) is 0 Å². The van der Waals surface area contributed by atoms with Gasteiger partial charge in [-0.3, -0.25) is 4.79 Å². The summed E-state index contributed by atoms with van der Waals surface area (Å²) in [5, 5.41) is 3.41. The van der Waals surface area contributed by atoms with Crippen LogP contribution in [0, 0.1) is 5.92 Å². The van der Waals surface area contributed by atoms with Gasteiger partial charge in [0.05, 0.1) is 6.61 Å². The van der Waals surface area contributed by atoms with Crippen LogP contribution < -0.4 is 5.32 Å². The largest absolute Gasteiger partial charge is 0.465 e. The van der Waals surface area contributed by atoms with Gasteiger partial charge in [-0.05, 0) is 38.5 Å². The van der Waals surface area contributed by atoms with Gasteiger partial charge in [-0.15, -0.1) is 0 Å². The van der Waals surface area contributed by atoms with E-state index < -0.39 is 0 Å². The molecule has 0 aromatic heterocycles. The zero-order chi connectivity index (χ0) is 11.3. The molecule has 1 saturated carbocycles. The zero-order valence-corrected chi connectivity index (χ0v) is 10.1. The Bertz CT molecular complexity index is 206. The molecule has 0 aromatic rings. The molecule has 1 aliphatic carbocycles. The van der Waals surface area contributed by atoms with Crippen LogP contribution in [-0.2, 0) is 9.53 Å². The van der Waals surface area contributed by atoms with Crippen LogP contribution in [0.4, 0.5) is 0 Å². The van der Waals surface area contributed by atoms with Gasteiger partial charge in [0, 0.05) is 6.04 Å². The molecule has 0 amide bonds. The molecular weight excluding hydrogens is 190 g/mol. The van der Waals surface area contributed by atoms with Crippen LogP contribution in [0.5, 0.6) is 0 Å². The third kappa shape index (κ3) is 3.82. The first-order chi connectivity index (χ1) is 7.17. The van der Waals surface area contributed by atoms with Crippen LogP contribution in [0.15, 0.2) is 0 Å². The second kappa shape index (κ2) is 6.11. The van der Waals surface area contributed by atoms with Crippen molar-refractivity contribution < 1.29 is 9.53 Å². The lowest BCUT2D eigenvalue weighted by molar-refractivity contribution is -0.146. The lowest BCUT2D eigenvalue weighted by Gasteiger charge is -2.20. The van der Waals surface area contributed by atoms with Crippen molar-refractivity contribution in [2.45, 2.75) is 58.5 Å². The molecule has 0 radical (unpaired) electrons. The lowest BCUT2D eigenvalue weighted by atomic mass is 10.1. The minimum absolute atomic E-state index is 0.0976. The third-order valence-corrected chi connectivity index (χ3v) is 3.11. The molecule has 1 fully saturated rings. The van der Waals surface area contributed by atoms with Gasteiger partial charge in [0.25, 0.3) is 0 Å². The van der Waals surface area contributed by atoms with E-state index >= 15 is 0 Å². The number of hydrogen-bond donors (Lipinski definition) is 1. The summed E-state index contributed by atoms with van der Waals surface area (Å²) < 4.78 is 5.03. The van der Waals surface area contributed by atoms with Crippen molar-refractivity contribution in [2.75, 3.05) is 6.61 Å². The predicted octanol–water partition coefficient (Wildman–Crippen LogP) is 2.11. The van der Waals surface area contributed by atoms with Crippen molar-refractivity contribution >= 4 is 5.97 Å². The Hall–Kier alpha value is -0.570. The van der Waals surface area contributed by atoms with E-state index in [4.69, 9.17) is 4.74 Å². The number of hydrogen-bond acceptors (Lipinski definition) is 3. The number of carbonyl (C=O) groups excluding carboxylic acids is 1. The van der Waals surface area contributed by atoms with Gasteiger partial charge in [-0.1, -0.05) is 13.8 Å². The molecule has 0 saturated heterocycles. The molecule has 0 spiro atoms. The first-order valence-electron chi connectivity index (χ1n) is 6.10. The Balaban J connectivity index is 2.36. The third-order valence-electron chi connectivity index (χ3n) is 3.11. The SMILES string of the molecule is CCOC(=O)C(CC)NC1CCC(C)C1. The summed E-state index contributed by atoms with van der Waals surface area (Å²) in [6, 6.07) is 0.398. The zero-order valence-electron chi connectivity index (χ0n) is 10.1. The number of rotatable bonds is 5. The van der Waals surface area contributed by atoms with Crippen molar-refractivity contribution in [2.24, 2.45) is 5.92 Å². The van der Waals surface area contributed by atoms with Gasteiger partial charge >= 0.3 is 5.97 Å². The first-order valence-corrected chi connectivity index (χ1v) is 6.10. The van der Waals surface area contributed by atoms with Crippen LogP contribution in [0.1, 0.15) is 46.5 Å². The molecule has 0 aromatic carbocycles. The van der Waals surface area contributed by atoms with E-state index in [1.807, 2.05) is 13.8 Å². The van der Waals surface area contributed by atoms with Crippen LogP contribution in [0.3, 0.4) is 0 Å². The second-order valence-corrected chi connectivity index (χ2v) is 4.49. The smallest absolute Gasteiger partial charge is 0.323 e. The van der Waals surface area contributed by atoms with Crippen LogP contribution in [0.2, 0.25) is 0 Å². The van der Waals surface area contributed by atoms with E-state index in [0.29, 0.717) is 12.6 Å². The van der Waals surface area contributed by atoms with Gasteiger partial charge in [0.15, 0.2) is 0 Å². The van der Waals surface area contributed by atoms with Crippen molar-refractivity contribution in [3.05, 3.63) is 0 Å². The minimum atomic E-state index is -0.111. The van der Waals surface area contributed by atoms with E-state index in [1.165, 1.54) is 19.3 Å². The summed E-state index contributed by atoms with van der Waals surface area (Å²) in [5.74, 6) is 0.696. The van der Waals surface area contributed by atoms with Gasteiger partial charge < -0.3 is 10.1 Å². The Labute approximate surface area is 92.6 Å². The molecule has 3 heteroatoms. The van der Waals surface area contributed by atoms with E-state index in [1.54, 1.807) is 0 Å². The van der Waals surface area contributed by atoms with Gasteiger partial charge in [0.1, 0.15) is 6.04 Å². The first kappa shape index (κ1) is 12.5. The van der Waals surface area contributed by atoms with Gasteiger partial charge in [-0.25, -0.2) is 0 Å². The van der Waals surface area contributed by atoms with Crippen molar-refractivity contribution in [1.82, 2.24) is 5.32 Å². The normalized spacial score (nSPS) is 27.7.